The van der Waals surface area contributed by atoms with Gasteiger partial charge in [-0.25, -0.2) is 0 Å². The Morgan fingerprint density at radius 3 is 2.68 bits per heavy atom. The third-order valence-corrected chi connectivity index (χ3v) is 4.02. The molecule has 0 aliphatic carbocycles. The van der Waals surface area contributed by atoms with Crippen LogP contribution in [0.4, 0.5) is 0 Å². The third-order valence-electron chi connectivity index (χ3n) is 4.02. The number of rotatable bonds is 7. The van der Waals surface area contributed by atoms with E-state index in [1.54, 1.807) is 6.20 Å². The molecule has 1 N–H and O–H groups in total. The van der Waals surface area contributed by atoms with Gasteiger partial charge in [0.1, 0.15) is 5.75 Å². The summed E-state index contributed by atoms with van der Waals surface area (Å²) in [4.78, 5) is 16.7. The number of hydrogen-bond acceptors (Lipinski definition) is 3. The van der Waals surface area contributed by atoms with Crippen molar-refractivity contribution in [2.75, 3.05) is 13.2 Å². The highest BCUT2D eigenvalue weighted by atomic mass is 16.5. The van der Waals surface area contributed by atoms with E-state index in [9.17, 15) is 4.79 Å². The first-order valence-electron chi connectivity index (χ1n) is 8.55. The number of carbonyl (C=O) groups excluding carboxylic acids is 1. The summed E-state index contributed by atoms with van der Waals surface area (Å²) in [6.45, 7) is 3.33. The second-order valence-corrected chi connectivity index (χ2v) is 6.01. The Morgan fingerprint density at radius 2 is 1.84 bits per heavy atom. The van der Waals surface area contributed by atoms with Crippen molar-refractivity contribution in [3.8, 4) is 5.75 Å². The minimum atomic E-state index is -0.0799. The zero-order valence-corrected chi connectivity index (χ0v) is 14.4. The van der Waals surface area contributed by atoms with Gasteiger partial charge >= 0.3 is 0 Å². The monoisotopic (exact) mass is 334 g/mol. The number of unbranched alkanes of at least 4 members (excludes halogenated alkanes) is 1. The van der Waals surface area contributed by atoms with Crippen LogP contribution in [0.25, 0.3) is 10.9 Å². The average molecular weight is 334 g/mol. The van der Waals surface area contributed by atoms with E-state index in [0.717, 1.165) is 29.5 Å². The number of benzene rings is 2. The predicted molar refractivity (Wildman–Crippen MR) is 100.0 cm³/mol. The Labute approximate surface area is 147 Å². The first-order valence-corrected chi connectivity index (χ1v) is 8.55. The molecule has 3 rings (SSSR count). The van der Waals surface area contributed by atoms with Gasteiger partial charge in [0.05, 0.1) is 17.7 Å². The Kier molecular flexibility index (Phi) is 5.62. The van der Waals surface area contributed by atoms with Gasteiger partial charge in [0, 0.05) is 18.1 Å². The minimum absolute atomic E-state index is 0.0799. The summed E-state index contributed by atoms with van der Waals surface area (Å²) in [6, 6.07) is 17.5. The van der Waals surface area contributed by atoms with Crippen LogP contribution in [0.15, 0.2) is 60.8 Å². The molecule has 0 radical (unpaired) electrons. The van der Waals surface area contributed by atoms with Crippen LogP contribution in [0.1, 0.15) is 28.8 Å². The largest absolute Gasteiger partial charge is 0.494 e. The number of hydrogen-bond donors (Lipinski definition) is 1. The molecule has 0 saturated carbocycles. The van der Waals surface area contributed by atoms with Gasteiger partial charge in [-0.2, -0.15) is 0 Å². The van der Waals surface area contributed by atoms with Gasteiger partial charge < -0.3 is 10.1 Å². The van der Waals surface area contributed by atoms with E-state index in [4.69, 9.17) is 4.74 Å². The normalized spacial score (nSPS) is 10.6. The predicted octanol–water partition coefficient (Wildman–Crippen LogP) is 4.13. The number of aryl methyl sites for hydroxylation is 1. The highest BCUT2D eigenvalue weighted by Crippen LogP contribution is 2.15. The molecule has 128 valence electrons. The van der Waals surface area contributed by atoms with E-state index in [1.165, 1.54) is 5.56 Å². The Balaban J connectivity index is 1.42. The van der Waals surface area contributed by atoms with Gasteiger partial charge in [-0.15, -0.1) is 0 Å². The zero-order chi connectivity index (χ0) is 17.5. The SMILES string of the molecule is Cc1ccc(OCCCCNC(=O)c2cccc3cccnc23)cc1. The van der Waals surface area contributed by atoms with Crippen LogP contribution < -0.4 is 10.1 Å². The van der Waals surface area contributed by atoms with Crippen molar-refractivity contribution in [3.05, 3.63) is 71.9 Å². The quantitative estimate of drug-likeness (QED) is 0.661. The molecular formula is C21H22N2O2. The molecule has 0 atom stereocenters. The molecule has 25 heavy (non-hydrogen) atoms. The maximum atomic E-state index is 12.4. The van der Waals surface area contributed by atoms with Gasteiger partial charge in [-0.3, -0.25) is 9.78 Å². The molecule has 0 spiro atoms. The molecule has 1 aromatic heterocycles. The van der Waals surface area contributed by atoms with Crippen LogP contribution >= 0.6 is 0 Å². The van der Waals surface area contributed by atoms with E-state index < -0.39 is 0 Å². The Morgan fingerprint density at radius 1 is 1.04 bits per heavy atom. The fourth-order valence-electron chi connectivity index (χ4n) is 2.64. The molecule has 0 saturated heterocycles. The first kappa shape index (κ1) is 17.0. The number of ether oxygens (including phenoxy) is 1. The molecule has 3 aromatic rings. The molecule has 2 aromatic carbocycles. The van der Waals surface area contributed by atoms with E-state index in [1.807, 2.05) is 54.6 Å². The van der Waals surface area contributed by atoms with Crippen LogP contribution in [0.2, 0.25) is 0 Å². The van der Waals surface area contributed by atoms with Crippen molar-refractivity contribution in [2.45, 2.75) is 19.8 Å². The number of carbonyl (C=O) groups is 1. The molecular weight excluding hydrogens is 312 g/mol. The molecule has 0 unspecified atom stereocenters. The number of aromatic nitrogens is 1. The zero-order valence-electron chi connectivity index (χ0n) is 14.4. The highest BCUT2D eigenvalue weighted by molar-refractivity contribution is 6.05. The molecule has 1 amide bonds. The van der Waals surface area contributed by atoms with Crippen molar-refractivity contribution < 1.29 is 9.53 Å². The second kappa shape index (κ2) is 8.29. The summed E-state index contributed by atoms with van der Waals surface area (Å²) < 4.78 is 5.69. The second-order valence-electron chi connectivity index (χ2n) is 6.01. The van der Waals surface area contributed by atoms with Gasteiger partial charge in [0.25, 0.3) is 5.91 Å². The van der Waals surface area contributed by atoms with Crippen LogP contribution in [0.3, 0.4) is 0 Å². The Hall–Kier alpha value is -2.88. The molecule has 4 heteroatoms. The van der Waals surface area contributed by atoms with Crippen LogP contribution in [-0.2, 0) is 0 Å². The van der Waals surface area contributed by atoms with E-state index in [-0.39, 0.29) is 5.91 Å². The Bertz CT molecular complexity index is 839. The maximum absolute atomic E-state index is 12.4. The first-order chi connectivity index (χ1) is 12.2. The van der Waals surface area contributed by atoms with Crippen LogP contribution in [-0.4, -0.2) is 24.0 Å². The summed E-state index contributed by atoms with van der Waals surface area (Å²) in [7, 11) is 0. The summed E-state index contributed by atoms with van der Waals surface area (Å²) in [5.74, 6) is 0.806. The van der Waals surface area contributed by atoms with Gasteiger partial charge in [-0.05, 0) is 44.0 Å². The fourth-order valence-corrected chi connectivity index (χ4v) is 2.64. The molecule has 1 heterocycles. The lowest BCUT2D eigenvalue weighted by Gasteiger charge is -2.08. The van der Waals surface area contributed by atoms with Crippen molar-refractivity contribution in [3.63, 3.8) is 0 Å². The lowest BCUT2D eigenvalue weighted by Crippen LogP contribution is -2.25. The summed E-state index contributed by atoms with van der Waals surface area (Å²) >= 11 is 0. The summed E-state index contributed by atoms with van der Waals surface area (Å²) in [6.07, 6.45) is 3.47. The van der Waals surface area contributed by atoms with Crippen LogP contribution in [0.5, 0.6) is 5.75 Å². The number of para-hydroxylation sites is 1. The number of pyridine rings is 1. The number of amides is 1. The van der Waals surface area contributed by atoms with Gasteiger partial charge in [-0.1, -0.05) is 35.9 Å². The van der Waals surface area contributed by atoms with Crippen molar-refractivity contribution in [1.82, 2.24) is 10.3 Å². The van der Waals surface area contributed by atoms with Gasteiger partial charge in [0.15, 0.2) is 0 Å². The van der Waals surface area contributed by atoms with Crippen molar-refractivity contribution in [2.24, 2.45) is 0 Å². The standard InChI is InChI=1S/C21H22N2O2/c1-16-9-11-18(12-10-16)25-15-3-2-13-23-21(24)19-8-4-6-17-7-5-14-22-20(17)19/h4-12,14H,2-3,13,15H2,1H3,(H,23,24). The summed E-state index contributed by atoms with van der Waals surface area (Å²) in [5.41, 5.74) is 2.58. The maximum Gasteiger partial charge on any atom is 0.253 e. The third kappa shape index (κ3) is 4.57. The average Bonchev–Trinajstić information content (AvgIpc) is 2.65. The highest BCUT2D eigenvalue weighted by Gasteiger charge is 2.09. The summed E-state index contributed by atoms with van der Waals surface area (Å²) in [5, 5.41) is 3.94. The van der Waals surface area contributed by atoms with E-state index in [2.05, 4.69) is 17.2 Å². The molecule has 0 fully saturated rings. The molecule has 0 bridgehead atoms. The minimum Gasteiger partial charge on any atom is -0.494 e. The van der Waals surface area contributed by atoms with Crippen LogP contribution in [0, 0.1) is 6.92 Å². The smallest absolute Gasteiger partial charge is 0.253 e. The van der Waals surface area contributed by atoms with E-state index >= 15 is 0 Å². The van der Waals surface area contributed by atoms with Crippen molar-refractivity contribution in [1.29, 1.82) is 0 Å². The lowest BCUT2D eigenvalue weighted by atomic mass is 10.1. The number of nitrogens with zero attached hydrogens (tertiary/aromatic N) is 1. The lowest BCUT2D eigenvalue weighted by molar-refractivity contribution is 0.0954. The molecule has 0 aliphatic rings. The molecule has 0 aliphatic heterocycles. The topological polar surface area (TPSA) is 51.2 Å². The molecule has 4 nitrogen and oxygen atoms in total. The number of fused-ring (bicyclic) bond motifs is 1. The van der Waals surface area contributed by atoms with Crippen molar-refractivity contribution >= 4 is 16.8 Å². The fraction of sp³-hybridized carbons (Fsp3) is 0.238. The van der Waals surface area contributed by atoms with Gasteiger partial charge in [0.2, 0.25) is 0 Å². The number of nitrogens with one attached hydrogen (secondary N) is 1. The van der Waals surface area contributed by atoms with E-state index in [0.29, 0.717) is 18.7 Å².